The van der Waals surface area contributed by atoms with Gasteiger partial charge in [-0.15, -0.1) is 10.2 Å². The van der Waals surface area contributed by atoms with Gasteiger partial charge in [0, 0.05) is 11.1 Å². The summed E-state index contributed by atoms with van der Waals surface area (Å²) < 4.78 is 24.5. The summed E-state index contributed by atoms with van der Waals surface area (Å²) in [6, 6.07) is 20.3. The lowest BCUT2D eigenvalue weighted by atomic mass is 10.1. The van der Waals surface area contributed by atoms with E-state index in [9.17, 15) is 9.18 Å². The summed E-state index contributed by atoms with van der Waals surface area (Å²) in [5.41, 5.74) is 2.13. The van der Waals surface area contributed by atoms with Crippen LogP contribution in [0.1, 0.15) is 68.6 Å². The Bertz CT molecular complexity index is 1270. The first-order valence-corrected chi connectivity index (χ1v) is 14.1. The summed E-state index contributed by atoms with van der Waals surface area (Å²) in [5.74, 6) is 0.479. The number of benzene rings is 3. The second-order valence-corrected chi connectivity index (χ2v) is 10.2. The van der Waals surface area contributed by atoms with Gasteiger partial charge in [-0.3, -0.25) is 0 Å². The third-order valence-electron chi connectivity index (χ3n) is 6.18. The van der Waals surface area contributed by atoms with Gasteiger partial charge in [0.05, 0.1) is 12.2 Å². The van der Waals surface area contributed by atoms with Crippen molar-refractivity contribution in [2.75, 3.05) is 6.61 Å². The molecule has 5 nitrogen and oxygen atoms in total. The third-order valence-corrected chi connectivity index (χ3v) is 7.21. The van der Waals surface area contributed by atoms with Gasteiger partial charge in [0.1, 0.15) is 27.3 Å². The third kappa shape index (κ3) is 8.21. The zero-order valence-corrected chi connectivity index (χ0v) is 22.5. The minimum atomic E-state index is -0.429. The van der Waals surface area contributed by atoms with E-state index in [-0.39, 0.29) is 5.82 Å². The molecule has 4 aromatic rings. The molecule has 3 aromatic carbocycles. The largest absolute Gasteiger partial charge is 0.494 e. The topological polar surface area (TPSA) is 61.3 Å². The van der Waals surface area contributed by atoms with E-state index in [1.807, 2.05) is 12.1 Å². The average molecular weight is 533 g/mol. The SMILES string of the molecule is CCCCCCCCCCOc1ccc(C(=O)Oc2ccc(-c3nnc(-c4ccc(F)cc4)s3)cc2)cc1. The Balaban J connectivity index is 1.22. The van der Waals surface area contributed by atoms with Crippen molar-refractivity contribution in [1.82, 2.24) is 10.2 Å². The highest BCUT2D eigenvalue weighted by molar-refractivity contribution is 7.17. The van der Waals surface area contributed by atoms with Gasteiger partial charge in [0.25, 0.3) is 0 Å². The Morgan fingerprint density at radius 1 is 0.711 bits per heavy atom. The molecule has 0 saturated carbocycles. The summed E-state index contributed by atoms with van der Waals surface area (Å²) in [7, 11) is 0. The van der Waals surface area contributed by atoms with E-state index in [1.165, 1.54) is 68.4 Å². The minimum absolute atomic E-state index is 0.290. The fourth-order valence-electron chi connectivity index (χ4n) is 3.99. The lowest BCUT2D eigenvalue weighted by Crippen LogP contribution is -2.08. The molecule has 0 aliphatic rings. The Hall–Kier alpha value is -3.58. The number of carbonyl (C=O) groups is 1. The van der Waals surface area contributed by atoms with E-state index in [2.05, 4.69) is 17.1 Å². The molecule has 0 atom stereocenters. The van der Waals surface area contributed by atoms with Crippen LogP contribution in [0.25, 0.3) is 21.1 Å². The lowest BCUT2D eigenvalue weighted by molar-refractivity contribution is 0.0734. The highest BCUT2D eigenvalue weighted by atomic mass is 32.1. The number of rotatable bonds is 14. The van der Waals surface area contributed by atoms with Gasteiger partial charge in [-0.1, -0.05) is 63.2 Å². The van der Waals surface area contributed by atoms with E-state index < -0.39 is 5.97 Å². The first kappa shape index (κ1) is 27.5. The molecule has 0 radical (unpaired) electrons. The maximum absolute atomic E-state index is 13.2. The number of halogens is 1. The van der Waals surface area contributed by atoms with Crippen LogP contribution in [-0.4, -0.2) is 22.8 Å². The Morgan fingerprint density at radius 3 is 1.84 bits per heavy atom. The van der Waals surface area contributed by atoms with Crippen molar-refractivity contribution in [1.29, 1.82) is 0 Å². The number of nitrogens with zero attached hydrogens (tertiary/aromatic N) is 2. The van der Waals surface area contributed by atoms with Crippen LogP contribution in [0.15, 0.2) is 72.8 Å². The minimum Gasteiger partial charge on any atom is -0.494 e. The molecule has 0 aliphatic carbocycles. The molecule has 4 rings (SSSR count). The van der Waals surface area contributed by atoms with Crippen LogP contribution in [0.4, 0.5) is 4.39 Å². The van der Waals surface area contributed by atoms with Crippen LogP contribution in [0.2, 0.25) is 0 Å². The molecule has 0 spiro atoms. The quantitative estimate of drug-likeness (QED) is 0.0923. The summed E-state index contributed by atoms with van der Waals surface area (Å²) in [5, 5.41) is 9.88. The van der Waals surface area contributed by atoms with Crippen LogP contribution in [0.3, 0.4) is 0 Å². The Morgan fingerprint density at radius 2 is 1.24 bits per heavy atom. The summed E-state index contributed by atoms with van der Waals surface area (Å²) in [6.45, 7) is 2.92. The van der Waals surface area contributed by atoms with Gasteiger partial charge < -0.3 is 9.47 Å². The normalized spacial score (nSPS) is 10.9. The zero-order valence-electron chi connectivity index (χ0n) is 21.7. The van der Waals surface area contributed by atoms with Crippen molar-refractivity contribution in [3.63, 3.8) is 0 Å². The molecular formula is C31H33FN2O3S. The van der Waals surface area contributed by atoms with Crippen molar-refractivity contribution < 1.29 is 18.7 Å². The van der Waals surface area contributed by atoms with Crippen LogP contribution in [0, 0.1) is 5.82 Å². The molecule has 1 heterocycles. The second-order valence-electron chi connectivity index (χ2n) is 9.18. The Kier molecular flexibility index (Phi) is 10.4. The van der Waals surface area contributed by atoms with Crippen LogP contribution >= 0.6 is 11.3 Å². The predicted octanol–water partition coefficient (Wildman–Crippen LogP) is 8.75. The fraction of sp³-hybridized carbons (Fsp3) is 0.323. The summed E-state index contributed by atoms with van der Waals surface area (Å²) in [6.07, 6.45) is 10.1. The molecule has 0 unspecified atom stereocenters. The van der Waals surface area contributed by atoms with Crippen LogP contribution in [-0.2, 0) is 0 Å². The van der Waals surface area contributed by atoms with E-state index in [1.54, 1.807) is 48.5 Å². The molecule has 0 bridgehead atoms. The zero-order chi connectivity index (χ0) is 26.6. The lowest BCUT2D eigenvalue weighted by Gasteiger charge is -2.08. The van der Waals surface area contributed by atoms with Crippen molar-refractivity contribution in [2.45, 2.75) is 58.3 Å². The highest BCUT2D eigenvalue weighted by Crippen LogP contribution is 2.31. The molecule has 0 amide bonds. The standard InChI is InChI=1S/C31H33FN2O3S/c1-2-3-4-5-6-7-8-9-22-36-27-18-14-25(15-19-27)31(35)37-28-20-12-24(13-21-28)30-34-33-29(38-30)23-10-16-26(32)17-11-23/h10-21H,2-9,22H2,1H3. The number of hydrogen-bond donors (Lipinski definition) is 0. The fourth-order valence-corrected chi connectivity index (χ4v) is 4.85. The molecule has 0 aliphatic heterocycles. The van der Waals surface area contributed by atoms with Crippen molar-refractivity contribution in [2.24, 2.45) is 0 Å². The van der Waals surface area contributed by atoms with Gasteiger partial charge in [-0.2, -0.15) is 0 Å². The van der Waals surface area contributed by atoms with Gasteiger partial charge in [0.2, 0.25) is 0 Å². The molecule has 38 heavy (non-hydrogen) atoms. The van der Waals surface area contributed by atoms with E-state index in [0.717, 1.165) is 28.3 Å². The first-order chi connectivity index (χ1) is 18.6. The van der Waals surface area contributed by atoms with Crippen molar-refractivity contribution >= 4 is 17.3 Å². The maximum atomic E-state index is 13.2. The van der Waals surface area contributed by atoms with Gasteiger partial charge in [0.15, 0.2) is 0 Å². The van der Waals surface area contributed by atoms with Crippen molar-refractivity contribution in [3.05, 3.63) is 84.2 Å². The maximum Gasteiger partial charge on any atom is 0.343 e. The molecule has 0 saturated heterocycles. The molecule has 198 valence electrons. The molecular weight excluding hydrogens is 499 g/mol. The monoisotopic (exact) mass is 532 g/mol. The Labute approximate surface area is 227 Å². The van der Waals surface area contributed by atoms with Gasteiger partial charge >= 0.3 is 5.97 Å². The number of ether oxygens (including phenoxy) is 2. The number of unbranched alkanes of at least 4 members (excludes halogenated alkanes) is 7. The first-order valence-electron chi connectivity index (χ1n) is 13.3. The average Bonchev–Trinajstić information content (AvgIpc) is 3.44. The van der Waals surface area contributed by atoms with E-state index >= 15 is 0 Å². The second kappa shape index (κ2) is 14.4. The predicted molar refractivity (Wildman–Crippen MR) is 150 cm³/mol. The number of carbonyl (C=O) groups excluding carboxylic acids is 1. The summed E-state index contributed by atoms with van der Waals surface area (Å²) in [4.78, 5) is 12.6. The van der Waals surface area contributed by atoms with E-state index in [4.69, 9.17) is 9.47 Å². The molecule has 0 fully saturated rings. The smallest absolute Gasteiger partial charge is 0.343 e. The van der Waals surface area contributed by atoms with Gasteiger partial charge in [-0.25, -0.2) is 9.18 Å². The number of esters is 1. The highest BCUT2D eigenvalue weighted by Gasteiger charge is 2.12. The van der Waals surface area contributed by atoms with Crippen molar-refractivity contribution in [3.8, 4) is 32.6 Å². The van der Waals surface area contributed by atoms with Gasteiger partial charge in [-0.05, 0) is 79.2 Å². The molecule has 7 heteroatoms. The number of aromatic nitrogens is 2. The van der Waals surface area contributed by atoms with Crippen LogP contribution in [0.5, 0.6) is 11.5 Å². The summed E-state index contributed by atoms with van der Waals surface area (Å²) >= 11 is 1.41. The molecule has 0 N–H and O–H groups in total. The van der Waals surface area contributed by atoms with E-state index in [0.29, 0.717) is 22.9 Å². The molecule has 1 aromatic heterocycles. The van der Waals surface area contributed by atoms with Crippen LogP contribution < -0.4 is 9.47 Å². The number of hydrogen-bond acceptors (Lipinski definition) is 6.